The van der Waals surface area contributed by atoms with E-state index in [4.69, 9.17) is 11.6 Å². The molecule has 1 aliphatic carbocycles. The van der Waals surface area contributed by atoms with Crippen LogP contribution in [0.25, 0.3) is 0 Å². The first kappa shape index (κ1) is 21.2. The number of nitrogens with zero attached hydrogens (tertiary/aromatic N) is 3. The third-order valence-electron chi connectivity index (χ3n) is 5.82. The molecule has 0 unspecified atom stereocenters. The van der Waals surface area contributed by atoms with E-state index < -0.39 is 43.3 Å². The summed E-state index contributed by atoms with van der Waals surface area (Å²) in [4.78, 5) is 6.04. The first-order valence-electron chi connectivity index (χ1n) is 9.28. The smallest absolute Gasteiger partial charge is 0.268 e. The van der Waals surface area contributed by atoms with Crippen LogP contribution < -0.4 is 9.62 Å². The number of halogens is 4. The normalized spacial score (nSPS) is 23.4. The van der Waals surface area contributed by atoms with Gasteiger partial charge in [-0.05, 0) is 39.1 Å². The number of pyridine rings is 1. The summed E-state index contributed by atoms with van der Waals surface area (Å²) in [5, 5.41) is -0.469. The van der Waals surface area contributed by atoms with Gasteiger partial charge in [-0.1, -0.05) is 17.7 Å². The molecule has 2 aromatic rings. The lowest BCUT2D eigenvalue weighted by Crippen LogP contribution is -2.26. The molecule has 6 nitrogen and oxygen atoms in total. The van der Waals surface area contributed by atoms with Crippen molar-refractivity contribution in [3.05, 3.63) is 46.9 Å². The van der Waals surface area contributed by atoms with Gasteiger partial charge in [0.2, 0.25) is 5.95 Å². The van der Waals surface area contributed by atoms with Crippen molar-refractivity contribution in [1.82, 2.24) is 9.88 Å². The SMILES string of the molecule is CN(C)[C@@H]1C[C@@]12CCN(c1cc(F)c(S(=O)(=O)Nc3cccc(F)n3)c(F)c1Cl)C2. The zero-order valence-corrected chi connectivity index (χ0v) is 17.9. The first-order chi connectivity index (χ1) is 14.0. The molecular weight excluding hydrogens is 441 g/mol. The highest BCUT2D eigenvalue weighted by Gasteiger charge is 2.58. The monoisotopic (exact) mass is 460 g/mol. The van der Waals surface area contributed by atoms with Crippen molar-refractivity contribution in [3.63, 3.8) is 0 Å². The number of nitrogens with one attached hydrogen (secondary N) is 1. The Labute approximate surface area is 177 Å². The Morgan fingerprint density at radius 2 is 2.03 bits per heavy atom. The van der Waals surface area contributed by atoms with E-state index >= 15 is 0 Å². The summed E-state index contributed by atoms with van der Waals surface area (Å²) in [6, 6.07) is 4.72. The molecule has 1 aromatic heterocycles. The molecule has 1 saturated heterocycles. The lowest BCUT2D eigenvalue weighted by molar-refractivity contribution is 0.335. The average molecular weight is 461 g/mol. The van der Waals surface area contributed by atoms with Gasteiger partial charge in [-0.2, -0.15) is 4.39 Å². The molecular formula is C19H20ClF3N4O2S. The maximum absolute atomic E-state index is 14.9. The van der Waals surface area contributed by atoms with Gasteiger partial charge in [0, 0.05) is 30.6 Å². The van der Waals surface area contributed by atoms with Crippen LogP contribution in [-0.4, -0.2) is 51.5 Å². The maximum Gasteiger partial charge on any atom is 0.268 e. The molecule has 30 heavy (non-hydrogen) atoms. The van der Waals surface area contributed by atoms with Crippen LogP contribution in [0.5, 0.6) is 0 Å². The standard InChI is InChI=1S/C19H20ClF3N4O2S/c1-26(2)13-9-19(13)6-7-27(10-19)12-8-11(21)18(17(23)16(12)20)30(28,29)25-15-5-3-4-14(22)24-15/h3-5,8,13H,6-7,9-10H2,1-2H3,(H,24,25)/t13-,19-/m1/s1. The second-order valence-corrected chi connectivity index (χ2v) is 10.0. The quantitative estimate of drug-likeness (QED) is 0.546. The fraction of sp³-hybridized carbons (Fsp3) is 0.421. The largest absolute Gasteiger partial charge is 0.370 e. The van der Waals surface area contributed by atoms with Crippen molar-refractivity contribution in [2.75, 3.05) is 36.8 Å². The van der Waals surface area contributed by atoms with Crippen LogP contribution in [0.1, 0.15) is 12.8 Å². The van der Waals surface area contributed by atoms with Gasteiger partial charge in [0.1, 0.15) is 16.7 Å². The Kier molecular flexibility index (Phi) is 5.14. The van der Waals surface area contributed by atoms with Crippen LogP contribution >= 0.6 is 11.6 Å². The second-order valence-electron chi connectivity index (χ2n) is 8.00. The molecule has 1 spiro atoms. The Bertz CT molecular complexity index is 1120. The summed E-state index contributed by atoms with van der Waals surface area (Å²) < 4.78 is 69.9. The number of hydrogen-bond acceptors (Lipinski definition) is 5. The van der Waals surface area contributed by atoms with Crippen molar-refractivity contribution in [3.8, 4) is 0 Å². The van der Waals surface area contributed by atoms with Gasteiger partial charge in [0.25, 0.3) is 10.0 Å². The van der Waals surface area contributed by atoms with E-state index in [0.717, 1.165) is 31.0 Å². The van der Waals surface area contributed by atoms with Gasteiger partial charge in [-0.3, -0.25) is 4.72 Å². The van der Waals surface area contributed by atoms with Gasteiger partial charge < -0.3 is 9.80 Å². The fourth-order valence-corrected chi connectivity index (χ4v) is 5.76. The molecule has 2 heterocycles. The van der Waals surface area contributed by atoms with Gasteiger partial charge in [0.05, 0.1) is 5.69 Å². The Balaban J connectivity index is 1.64. The highest BCUT2D eigenvalue weighted by Crippen LogP contribution is 2.56. The molecule has 1 saturated carbocycles. The molecule has 2 aliphatic rings. The summed E-state index contributed by atoms with van der Waals surface area (Å²) in [6.07, 6.45) is 1.86. The third-order valence-corrected chi connectivity index (χ3v) is 7.57. The number of rotatable bonds is 5. The van der Waals surface area contributed by atoms with Gasteiger partial charge in [0.15, 0.2) is 10.7 Å². The van der Waals surface area contributed by atoms with E-state index in [2.05, 4.69) is 9.88 Å². The highest BCUT2D eigenvalue weighted by atomic mass is 35.5. The van der Waals surface area contributed by atoms with Gasteiger partial charge in [-0.15, -0.1) is 0 Å². The average Bonchev–Trinajstić information content (AvgIpc) is 3.19. The molecule has 162 valence electrons. The summed E-state index contributed by atoms with van der Waals surface area (Å²) in [6.45, 7) is 1.16. The van der Waals surface area contributed by atoms with Crippen molar-refractivity contribution in [2.24, 2.45) is 5.41 Å². The van der Waals surface area contributed by atoms with E-state index in [0.29, 0.717) is 19.1 Å². The van der Waals surface area contributed by atoms with Crippen LogP contribution in [0.15, 0.2) is 29.2 Å². The second kappa shape index (κ2) is 7.28. The zero-order chi connectivity index (χ0) is 21.8. The minimum Gasteiger partial charge on any atom is -0.370 e. The van der Waals surface area contributed by atoms with Crippen molar-refractivity contribution in [2.45, 2.75) is 23.8 Å². The Hall–Kier alpha value is -2.04. The van der Waals surface area contributed by atoms with Crippen LogP contribution in [-0.2, 0) is 10.0 Å². The molecule has 2 fully saturated rings. The number of anilines is 2. The maximum atomic E-state index is 14.9. The number of sulfonamides is 1. The number of hydrogen-bond donors (Lipinski definition) is 1. The summed E-state index contributed by atoms with van der Waals surface area (Å²) in [5.74, 6) is -4.02. The molecule has 0 amide bonds. The van der Waals surface area contributed by atoms with E-state index in [1.54, 1.807) is 4.90 Å². The van der Waals surface area contributed by atoms with Crippen molar-refractivity contribution >= 4 is 33.1 Å². The third kappa shape index (κ3) is 3.61. The number of aromatic nitrogens is 1. The minimum atomic E-state index is -4.72. The molecule has 2 atom stereocenters. The van der Waals surface area contributed by atoms with Crippen molar-refractivity contribution in [1.29, 1.82) is 0 Å². The van der Waals surface area contributed by atoms with E-state index in [-0.39, 0.29) is 11.1 Å². The van der Waals surface area contributed by atoms with Crippen LogP contribution in [0.3, 0.4) is 0 Å². The molecule has 11 heteroatoms. The molecule has 1 N–H and O–H groups in total. The van der Waals surface area contributed by atoms with Crippen molar-refractivity contribution < 1.29 is 21.6 Å². The fourth-order valence-electron chi connectivity index (χ4n) is 4.29. The zero-order valence-electron chi connectivity index (χ0n) is 16.3. The lowest BCUT2D eigenvalue weighted by atomic mass is 10.1. The summed E-state index contributed by atoms with van der Waals surface area (Å²) in [7, 11) is -0.734. The van der Waals surface area contributed by atoms with E-state index in [9.17, 15) is 21.6 Å². The predicted octanol–water partition coefficient (Wildman–Crippen LogP) is 3.48. The topological polar surface area (TPSA) is 65.5 Å². The molecule has 0 bridgehead atoms. The van der Waals surface area contributed by atoms with Gasteiger partial charge in [-0.25, -0.2) is 22.2 Å². The van der Waals surface area contributed by atoms with Crippen LogP contribution in [0.2, 0.25) is 5.02 Å². The van der Waals surface area contributed by atoms with Crippen LogP contribution in [0.4, 0.5) is 24.7 Å². The highest BCUT2D eigenvalue weighted by molar-refractivity contribution is 7.92. The number of benzene rings is 1. The van der Waals surface area contributed by atoms with Gasteiger partial charge >= 0.3 is 0 Å². The summed E-state index contributed by atoms with van der Waals surface area (Å²) >= 11 is 6.14. The first-order valence-corrected chi connectivity index (χ1v) is 11.1. The van der Waals surface area contributed by atoms with E-state index in [1.807, 2.05) is 18.8 Å². The minimum absolute atomic E-state index is 0.0646. The Morgan fingerprint density at radius 1 is 1.30 bits per heavy atom. The Morgan fingerprint density at radius 3 is 2.67 bits per heavy atom. The molecule has 4 rings (SSSR count). The molecule has 0 radical (unpaired) electrons. The van der Waals surface area contributed by atoms with Crippen LogP contribution in [0, 0.1) is 23.0 Å². The molecule has 1 aliphatic heterocycles. The predicted molar refractivity (Wildman–Crippen MR) is 108 cm³/mol. The molecule has 1 aromatic carbocycles. The summed E-state index contributed by atoms with van der Waals surface area (Å²) in [5.41, 5.74) is 0.186. The lowest BCUT2D eigenvalue weighted by Gasteiger charge is -2.22. The van der Waals surface area contributed by atoms with E-state index in [1.165, 1.54) is 6.07 Å².